The fourth-order valence-corrected chi connectivity index (χ4v) is 5.54. The van der Waals surface area contributed by atoms with Crippen LogP contribution in [0.3, 0.4) is 0 Å². The van der Waals surface area contributed by atoms with Gasteiger partial charge >= 0.3 is 0 Å². The summed E-state index contributed by atoms with van der Waals surface area (Å²) in [5.41, 5.74) is 3.21. The molecule has 2 aromatic carbocycles. The first kappa shape index (κ1) is 15.8. The van der Waals surface area contributed by atoms with Crippen molar-refractivity contribution in [3.63, 3.8) is 0 Å². The van der Waals surface area contributed by atoms with Crippen LogP contribution in [0.25, 0.3) is 0 Å². The van der Waals surface area contributed by atoms with Gasteiger partial charge in [0.05, 0.1) is 16.2 Å². The number of rotatable bonds is 2. The van der Waals surface area contributed by atoms with Crippen LogP contribution in [0.1, 0.15) is 59.2 Å². The topological polar surface area (TPSA) is 75.6 Å². The number of hydrogen-bond acceptors (Lipinski definition) is 4. The molecular formula is C20H18N2O3S. The van der Waals surface area contributed by atoms with Crippen molar-refractivity contribution in [2.75, 3.05) is 5.32 Å². The third-order valence-corrected chi connectivity index (χ3v) is 6.83. The van der Waals surface area contributed by atoms with E-state index >= 15 is 0 Å². The van der Waals surface area contributed by atoms with Gasteiger partial charge in [-0.05, 0) is 25.0 Å². The van der Waals surface area contributed by atoms with Crippen LogP contribution in [-0.4, -0.2) is 26.0 Å². The zero-order chi connectivity index (χ0) is 17.9. The van der Waals surface area contributed by atoms with E-state index in [1.165, 1.54) is 25.3 Å². The number of fused-ring (bicyclic) bond motifs is 2. The highest BCUT2D eigenvalue weighted by molar-refractivity contribution is 7.90. The highest BCUT2D eigenvalue weighted by Crippen LogP contribution is 2.40. The lowest BCUT2D eigenvalue weighted by molar-refractivity contribution is 0.103. The normalized spacial score (nSPS) is 20.3. The van der Waals surface area contributed by atoms with Crippen LogP contribution in [0, 0.1) is 0 Å². The minimum Gasteiger partial charge on any atom is -0.382 e. The van der Waals surface area contributed by atoms with Gasteiger partial charge in [0.2, 0.25) is 0 Å². The molecule has 1 heterocycles. The summed E-state index contributed by atoms with van der Waals surface area (Å²) in [7, 11) is -3.74. The lowest BCUT2D eigenvalue weighted by Crippen LogP contribution is -2.26. The van der Waals surface area contributed by atoms with Crippen LogP contribution >= 0.6 is 0 Å². The molecular weight excluding hydrogens is 348 g/mol. The Hall–Kier alpha value is -2.47. The number of nitrogens with zero attached hydrogens (tertiary/aromatic N) is 1. The average molecular weight is 366 g/mol. The molecule has 132 valence electrons. The maximum Gasteiger partial charge on any atom is 0.283 e. The lowest BCUT2D eigenvalue weighted by atomic mass is 9.82. The fourth-order valence-electron chi connectivity index (χ4n) is 4.29. The first-order valence-electron chi connectivity index (χ1n) is 8.99. The van der Waals surface area contributed by atoms with Crippen molar-refractivity contribution in [2.45, 2.75) is 43.0 Å². The second-order valence-electron chi connectivity index (χ2n) is 7.13. The summed E-state index contributed by atoms with van der Waals surface area (Å²) in [5, 5.41) is 3.53. The molecule has 1 saturated carbocycles. The summed E-state index contributed by atoms with van der Waals surface area (Å²) in [6.07, 6.45) is 5.83. The van der Waals surface area contributed by atoms with E-state index in [2.05, 4.69) is 9.71 Å². The number of nitrogens with one attached hydrogen (secondary N) is 1. The predicted octanol–water partition coefficient (Wildman–Crippen LogP) is 3.52. The van der Waals surface area contributed by atoms with Crippen LogP contribution in [0.4, 0.5) is 5.69 Å². The molecule has 0 amide bonds. The standard InChI is InChI=1S/C20H18N2O3S/c23-20-14-9-5-11-16-18(14)19(22-26(16,24)25)13-8-4-10-15(17(13)20)21-12-6-2-1-3-7-12/h4-5,8-12,21H,1-3,6-7H2. The second-order valence-corrected chi connectivity index (χ2v) is 8.70. The molecule has 0 unspecified atom stereocenters. The van der Waals surface area contributed by atoms with Crippen molar-refractivity contribution in [1.82, 2.24) is 0 Å². The van der Waals surface area contributed by atoms with Crippen molar-refractivity contribution in [2.24, 2.45) is 4.40 Å². The summed E-state index contributed by atoms with van der Waals surface area (Å²) in [6.45, 7) is 0. The molecule has 26 heavy (non-hydrogen) atoms. The van der Waals surface area contributed by atoms with Crippen LogP contribution in [0.15, 0.2) is 45.7 Å². The Morgan fingerprint density at radius 2 is 1.65 bits per heavy atom. The fraction of sp³-hybridized carbons (Fsp3) is 0.300. The highest BCUT2D eigenvalue weighted by Gasteiger charge is 2.39. The maximum absolute atomic E-state index is 13.2. The van der Waals surface area contributed by atoms with Gasteiger partial charge in [-0.15, -0.1) is 0 Å². The van der Waals surface area contributed by atoms with E-state index in [0.717, 1.165) is 18.5 Å². The molecule has 1 aliphatic heterocycles. The van der Waals surface area contributed by atoms with Crippen LogP contribution in [0.5, 0.6) is 0 Å². The predicted molar refractivity (Wildman–Crippen MR) is 99.6 cm³/mol. The van der Waals surface area contributed by atoms with Crippen LogP contribution in [0.2, 0.25) is 0 Å². The van der Waals surface area contributed by atoms with Gasteiger partial charge in [0, 0.05) is 28.4 Å². The van der Waals surface area contributed by atoms with Crippen LogP contribution < -0.4 is 5.32 Å². The highest BCUT2D eigenvalue weighted by atomic mass is 32.2. The summed E-state index contributed by atoms with van der Waals surface area (Å²) in [5.74, 6) is -0.133. The van der Waals surface area contributed by atoms with Crippen molar-refractivity contribution in [3.05, 3.63) is 58.7 Å². The number of carbonyl (C=O) groups is 1. The number of ketones is 1. The van der Waals surface area contributed by atoms with E-state index in [1.54, 1.807) is 18.2 Å². The number of benzene rings is 2. The van der Waals surface area contributed by atoms with E-state index in [4.69, 9.17) is 0 Å². The number of sulfonamides is 1. The molecule has 0 atom stereocenters. The van der Waals surface area contributed by atoms with E-state index in [-0.39, 0.29) is 10.7 Å². The minimum absolute atomic E-state index is 0.133. The third kappa shape index (κ3) is 2.18. The molecule has 1 N–H and O–H groups in total. The van der Waals surface area contributed by atoms with Gasteiger partial charge in [-0.25, -0.2) is 0 Å². The number of hydrogen-bond donors (Lipinski definition) is 1. The summed E-state index contributed by atoms with van der Waals surface area (Å²) in [6, 6.07) is 10.7. The summed E-state index contributed by atoms with van der Waals surface area (Å²) >= 11 is 0. The van der Waals surface area contributed by atoms with E-state index in [0.29, 0.717) is 34.0 Å². The van der Waals surface area contributed by atoms with Gasteiger partial charge < -0.3 is 5.32 Å². The van der Waals surface area contributed by atoms with E-state index in [1.807, 2.05) is 12.1 Å². The Kier molecular flexibility index (Phi) is 3.34. The molecule has 5 nitrogen and oxygen atoms in total. The zero-order valence-corrected chi connectivity index (χ0v) is 15.0. The Morgan fingerprint density at radius 3 is 2.46 bits per heavy atom. The second kappa shape index (κ2) is 5.51. The summed E-state index contributed by atoms with van der Waals surface area (Å²) < 4.78 is 28.8. The SMILES string of the molecule is O=C1c2cccc3c2C(=NS3(=O)=O)c2cccc(NC3CCCCC3)c21. The Morgan fingerprint density at radius 1 is 0.923 bits per heavy atom. The van der Waals surface area contributed by atoms with Gasteiger partial charge in [-0.3, -0.25) is 4.79 Å². The molecule has 2 aromatic rings. The van der Waals surface area contributed by atoms with Crippen molar-refractivity contribution >= 4 is 27.2 Å². The molecule has 3 aliphatic rings. The van der Waals surface area contributed by atoms with Gasteiger partial charge in [0.1, 0.15) is 0 Å². The molecule has 0 spiro atoms. The first-order valence-corrected chi connectivity index (χ1v) is 10.4. The lowest BCUT2D eigenvalue weighted by Gasteiger charge is -2.27. The third-order valence-electron chi connectivity index (χ3n) is 5.51. The quantitative estimate of drug-likeness (QED) is 0.753. The molecule has 0 aromatic heterocycles. The van der Waals surface area contributed by atoms with Crippen molar-refractivity contribution in [3.8, 4) is 0 Å². The molecule has 5 rings (SSSR count). The Labute approximate surface area is 152 Å². The van der Waals surface area contributed by atoms with E-state index < -0.39 is 10.0 Å². The molecule has 0 saturated heterocycles. The summed E-state index contributed by atoms with van der Waals surface area (Å²) in [4.78, 5) is 13.4. The first-order chi connectivity index (χ1) is 12.6. The smallest absolute Gasteiger partial charge is 0.283 e. The largest absolute Gasteiger partial charge is 0.382 e. The Bertz CT molecular complexity index is 1080. The van der Waals surface area contributed by atoms with Gasteiger partial charge in [0.15, 0.2) is 5.78 Å². The maximum atomic E-state index is 13.2. The minimum atomic E-state index is -3.74. The monoisotopic (exact) mass is 366 g/mol. The van der Waals surface area contributed by atoms with Crippen LogP contribution in [-0.2, 0) is 10.0 Å². The molecule has 1 fully saturated rings. The zero-order valence-electron chi connectivity index (χ0n) is 14.2. The van der Waals surface area contributed by atoms with Gasteiger partial charge in [-0.2, -0.15) is 12.8 Å². The average Bonchev–Trinajstić information content (AvgIpc) is 2.93. The molecule has 0 bridgehead atoms. The number of carbonyl (C=O) groups excluding carboxylic acids is 1. The van der Waals surface area contributed by atoms with Gasteiger partial charge in [0.25, 0.3) is 10.0 Å². The van der Waals surface area contributed by atoms with Gasteiger partial charge in [-0.1, -0.05) is 43.5 Å². The Balaban J connectivity index is 1.69. The van der Waals surface area contributed by atoms with Crippen molar-refractivity contribution in [1.29, 1.82) is 0 Å². The molecule has 2 aliphatic carbocycles. The van der Waals surface area contributed by atoms with Crippen molar-refractivity contribution < 1.29 is 13.2 Å². The molecule has 6 heteroatoms. The number of anilines is 1. The molecule has 0 radical (unpaired) electrons. The van der Waals surface area contributed by atoms with E-state index in [9.17, 15) is 13.2 Å².